The summed E-state index contributed by atoms with van der Waals surface area (Å²) >= 11 is 0. The highest BCUT2D eigenvalue weighted by Crippen LogP contribution is 2.14. The summed E-state index contributed by atoms with van der Waals surface area (Å²) in [4.78, 5) is 18.8. The smallest absolute Gasteiger partial charge is 0.337 e. The van der Waals surface area contributed by atoms with Gasteiger partial charge in [-0.25, -0.2) is 9.78 Å². The highest BCUT2D eigenvalue weighted by molar-refractivity contribution is 5.93. The number of aromatic amines is 1. The Labute approximate surface area is 92.6 Å². The molecule has 0 aliphatic rings. The van der Waals surface area contributed by atoms with Crippen LogP contribution in [0.1, 0.15) is 16.2 Å². The number of nitrogens with zero attached hydrogens (tertiary/aromatic N) is 1. The van der Waals surface area contributed by atoms with E-state index in [2.05, 4.69) is 14.7 Å². The van der Waals surface area contributed by atoms with Crippen LogP contribution in [0.2, 0.25) is 0 Å². The minimum Gasteiger partial charge on any atom is -0.465 e. The van der Waals surface area contributed by atoms with Crippen LogP contribution >= 0.6 is 0 Å². The molecule has 3 N–H and O–H groups in total. The Morgan fingerprint density at radius 3 is 3.06 bits per heavy atom. The van der Waals surface area contributed by atoms with Gasteiger partial charge in [0.25, 0.3) is 0 Å². The number of carbonyl (C=O) groups excluding carboxylic acids is 1. The first-order chi connectivity index (χ1) is 7.74. The number of aromatic nitrogens is 2. The zero-order chi connectivity index (χ0) is 11.5. The van der Waals surface area contributed by atoms with Crippen molar-refractivity contribution in [1.82, 2.24) is 9.97 Å². The fraction of sp³-hybridized carbons (Fsp3) is 0.273. The summed E-state index contributed by atoms with van der Waals surface area (Å²) in [6, 6.07) is 5.22. The molecule has 0 aliphatic carbocycles. The van der Waals surface area contributed by atoms with Crippen molar-refractivity contribution in [2.45, 2.75) is 6.42 Å². The molecular formula is C11H13N3O2. The summed E-state index contributed by atoms with van der Waals surface area (Å²) in [5, 5.41) is 0. The van der Waals surface area contributed by atoms with Crippen molar-refractivity contribution in [3.63, 3.8) is 0 Å². The number of methoxy groups -OCH3 is 1. The summed E-state index contributed by atoms with van der Waals surface area (Å²) in [6.07, 6.45) is 0.697. The fourth-order valence-corrected chi connectivity index (χ4v) is 1.56. The van der Waals surface area contributed by atoms with E-state index >= 15 is 0 Å². The summed E-state index contributed by atoms with van der Waals surface area (Å²) < 4.78 is 4.65. The van der Waals surface area contributed by atoms with Gasteiger partial charge in [-0.1, -0.05) is 0 Å². The molecule has 0 aliphatic heterocycles. The number of nitrogens with two attached hydrogens (primary N) is 1. The lowest BCUT2D eigenvalue weighted by molar-refractivity contribution is 0.0601. The Hall–Kier alpha value is -1.88. The standard InChI is InChI=1S/C11H13N3O2/c1-16-11(15)7-2-3-8-9(6-7)14-10(13-8)4-5-12/h2-3,6H,4-5,12H2,1H3,(H,13,14). The third kappa shape index (κ3) is 1.90. The maximum Gasteiger partial charge on any atom is 0.337 e. The maximum absolute atomic E-state index is 11.3. The highest BCUT2D eigenvalue weighted by Gasteiger charge is 2.08. The molecule has 0 saturated heterocycles. The number of carbonyl (C=O) groups is 1. The summed E-state index contributed by atoms with van der Waals surface area (Å²) in [7, 11) is 1.36. The van der Waals surface area contributed by atoms with Gasteiger partial charge in [-0.15, -0.1) is 0 Å². The molecule has 2 rings (SSSR count). The molecular weight excluding hydrogens is 206 g/mol. The number of esters is 1. The largest absolute Gasteiger partial charge is 0.465 e. The van der Waals surface area contributed by atoms with Gasteiger partial charge >= 0.3 is 5.97 Å². The SMILES string of the molecule is COC(=O)c1ccc2nc(CCN)[nH]c2c1. The molecule has 0 bridgehead atoms. The van der Waals surface area contributed by atoms with Gasteiger partial charge in [0.05, 0.1) is 23.7 Å². The monoisotopic (exact) mass is 219 g/mol. The van der Waals surface area contributed by atoms with E-state index in [4.69, 9.17) is 5.73 Å². The Bertz CT molecular complexity index is 519. The summed E-state index contributed by atoms with van der Waals surface area (Å²) in [6.45, 7) is 0.545. The van der Waals surface area contributed by atoms with Crippen molar-refractivity contribution in [3.8, 4) is 0 Å². The molecule has 2 aromatic rings. The first-order valence-electron chi connectivity index (χ1n) is 5.01. The second-order valence-electron chi connectivity index (χ2n) is 3.45. The van der Waals surface area contributed by atoms with Gasteiger partial charge in [0, 0.05) is 6.42 Å². The van der Waals surface area contributed by atoms with Crippen LogP contribution in [0.15, 0.2) is 18.2 Å². The number of ether oxygens (including phenoxy) is 1. The lowest BCUT2D eigenvalue weighted by Crippen LogP contribution is -2.03. The van der Waals surface area contributed by atoms with Crippen LogP contribution in [0.5, 0.6) is 0 Å². The first-order valence-corrected chi connectivity index (χ1v) is 5.01. The topological polar surface area (TPSA) is 81.0 Å². The molecule has 0 spiro atoms. The molecule has 0 radical (unpaired) electrons. The molecule has 0 saturated carbocycles. The molecule has 0 amide bonds. The highest BCUT2D eigenvalue weighted by atomic mass is 16.5. The molecule has 5 nitrogen and oxygen atoms in total. The van der Waals surface area contributed by atoms with Crippen LogP contribution in [0.25, 0.3) is 11.0 Å². The lowest BCUT2D eigenvalue weighted by atomic mass is 10.2. The predicted octanol–water partition coefficient (Wildman–Crippen LogP) is 0.851. The third-order valence-electron chi connectivity index (χ3n) is 2.33. The van der Waals surface area contributed by atoms with Crippen molar-refractivity contribution in [2.24, 2.45) is 5.73 Å². The quantitative estimate of drug-likeness (QED) is 0.750. The van der Waals surface area contributed by atoms with Crippen LogP contribution in [-0.2, 0) is 11.2 Å². The molecule has 0 unspecified atom stereocenters. The van der Waals surface area contributed by atoms with E-state index in [9.17, 15) is 4.79 Å². The van der Waals surface area contributed by atoms with E-state index < -0.39 is 0 Å². The minimum absolute atomic E-state index is 0.350. The number of H-pyrrole nitrogens is 1. The Morgan fingerprint density at radius 1 is 1.56 bits per heavy atom. The number of benzene rings is 1. The second kappa shape index (κ2) is 4.32. The predicted molar refractivity (Wildman–Crippen MR) is 60.2 cm³/mol. The van der Waals surface area contributed by atoms with Crippen molar-refractivity contribution >= 4 is 17.0 Å². The first kappa shape index (κ1) is 10.6. The molecule has 5 heteroatoms. The third-order valence-corrected chi connectivity index (χ3v) is 2.33. The zero-order valence-corrected chi connectivity index (χ0v) is 8.99. The number of fused-ring (bicyclic) bond motifs is 1. The van der Waals surface area contributed by atoms with Crippen molar-refractivity contribution in [3.05, 3.63) is 29.6 Å². The van der Waals surface area contributed by atoms with Gasteiger partial charge in [-0.05, 0) is 24.7 Å². The van der Waals surface area contributed by atoms with Crippen molar-refractivity contribution in [2.75, 3.05) is 13.7 Å². The van der Waals surface area contributed by atoms with Crippen LogP contribution in [0.3, 0.4) is 0 Å². The zero-order valence-electron chi connectivity index (χ0n) is 8.99. The van der Waals surface area contributed by atoms with E-state index in [0.29, 0.717) is 18.5 Å². The van der Waals surface area contributed by atoms with Crippen LogP contribution in [-0.4, -0.2) is 29.6 Å². The van der Waals surface area contributed by atoms with E-state index in [-0.39, 0.29) is 5.97 Å². The summed E-state index contributed by atoms with van der Waals surface area (Å²) in [5.74, 6) is 0.483. The van der Waals surface area contributed by atoms with Crippen molar-refractivity contribution < 1.29 is 9.53 Å². The number of imidazole rings is 1. The van der Waals surface area contributed by atoms with Gasteiger partial charge in [0.1, 0.15) is 5.82 Å². The molecule has 1 aromatic heterocycles. The van der Waals surface area contributed by atoms with E-state index in [1.165, 1.54) is 7.11 Å². The molecule has 0 fully saturated rings. The van der Waals surface area contributed by atoms with Gasteiger partial charge < -0.3 is 15.5 Å². The lowest BCUT2D eigenvalue weighted by Gasteiger charge is -1.97. The molecule has 1 aromatic carbocycles. The Morgan fingerprint density at radius 2 is 2.38 bits per heavy atom. The van der Waals surface area contributed by atoms with Gasteiger partial charge in [-0.2, -0.15) is 0 Å². The number of hydrogen-bond acceptors (Lipinski definition) is 4. The van der Waals surface area contributed by atoms with Gasteiger partial charge in [0.2, 0.25) is 0 Å². The van der Waals surface area contributed by atoms with Crippen LogP contribution < -0.4 is 5.73 Å². The van der Waals surface area contributed by atoms with Crippen LogP contribution in [0.4, 0.5) is 0 Å². The van der Waals surface area contributed by atoms with E-state index in [1.807, 2.05) is 0 Å². The number of hydrogen-bond donors (Lipinski definition) is 2. The summed E-state index contributed by atoms with van der Waals surface area (Å²) in [5.41, 5.74) is 7.61. The van der Waals surface area contributed by atoms with Gasteiger partial charge in [0.15, 0.2) is 0 Å². The van der Waals surface area contributed by atoms with E-state index in [1.54, 1.807) is 18.2 Å². The average Bonchev–Trinajstić information content (AvgIpc) is 2.69. The van der Waals surface area contributed by atoms with Gasteiger partial charge in [-0.3, -0.25) is 0 Å². The Kier molecular flexibility index (Phi) is 2.87. The molecule has 16 heavy (non-hydrogen) atoms. The van der Waals surface area contributed by atoms with Crippen molar-refractivity contribution in [1.29, 1.82) is 0 Å². The van der Waals surface area contributed by atoms with Crippen LogP contribution in [0, 0.1) is 0 Å². The number of nitrogens with one attached hydrogen (secondary N) is 1. The normalized spacial score (nSPS) is 10.6. The average molecular weight is 219 g/mol. The molecule has 1 heterocycles. The molecule has 0 atom stereocenters. The number of rotatable bonds is 3. The van der Waals surface area contributed by atoms with E-state index in [0.717, 1.165) is 16.9 Å². The minimum atomic E-state index is -0.350. The fourth-order valence-electron chi connectivity index (χ4n) is 1.56. The second-order valence-corrected chi connectivity index (χ2v) is 3.45. The molecule has 84 valence electrons. The Balaban J connectivity index is 2.41. The maximum atomic E-state index is 11.3.